The number of rotatable bonds is 6. The van der Waals surface area contributed by atoms with Gasteiger partial charge in [-0.15, -0.1) is 0 Å². The monoisotopic (exact) mass is 399 g/mol. The van der Waals surface area contributed by atoms with Crippen LogP contribution in [0.2, 0.25) is 0 Å². The minimum atomic E-state index is 0.318. The van der Waals surface area contributed by atoms with Crippen molar-refractivity contribution in [1.29, 1.82) is 0 Å². The number of nitrogens with two attached hydrogens (primary N) is 1. The van der Waals surface area contributed by atoms with Crippen molar-refractivity contribution in [1.82, 2.24) is 9.97 Å². The summed E-state index contributed by atoms with van der Waals surface area (Å²) in [4.78, 5) is 11.4. The number of hydrogen-bond acceptors (Lipinski definition) is 5. The Kier molecular flexibility index (Phi) is 5.98. The molecular formula is C25H29N5. The molecule has 0 unspecified atom stereocenters. The molecule has 5 heteroatoms. The molecule has 4 rings (SSSR count). The van der Waals surface area contributed by atoms with Gasteiger partial charge < -0.3 is 16.0 Å². The standard InChI is InChI=1S/C25H29N5/c1-18-8-6-9-20(16-18)24-14-13-23(26)25(29-24)30(22-11-4-3-5-12-22)19(2)28-21-10-7-15-27-17-21/h6-10,13-17,22,28H,2-5,11-12,26H2,1H3. The van der Waals surface area contributed by atoms with Crippen LogP contribution in [0.5, 0.6) is 0 Å². The maximum absolute atomic E-state index is 6.45. The highest BCUT2D eigenvalue weighted by atomic mass is 15.3. The lowest BCUT2D eigenvalue weighted by molar-refractivity contribution is 0.428. The topological polar surface area (TPSA) is 67.1 Å². The quantitative estimate of drug-likeness (QED) is 0.552. The maximum Gasteiger partial charge on any atom is 0.158 e. The highest BCUT2D eigenvalue weighted by Gasteiger charge is 2.27. The van der Waals surface area contributed by atoms with Gasteiger partial charge >= 0.3 is 0 Å². The second-order valence-corrected chi connectivity index (χ2v) is 7.95. The Morgan fingerprint density at radius 1 is 1.10 bits per heavy atom. The summed E-state index contributed by atoms with van der Waals surface area (Å²) in [5, 5.41) is 3.41. The van der Waals surface area contributed by atoms with E-state index in [0.29, 0.717) is 11.7 Å². The molecule has 0 bridgehead atoms. The number of aryl methyl sites for hydroxylation is 1. The predicted molar refractivity (Wildman–Crippen MR) is 125 cm³/mol. The minimum absolute atomic E-state index is 0.318. The van der Waals surface area contributed by atoms with Crippen LogP contribution in [0.3, 0.4) is 0 Å². The van der Waals surface area contributed by atoms with E-state index in [1.165, 1.54) is 24.8 Å². The van der Waals surface area contributed by atoms with Gasteiger partial charge in [0.1, 0.15) is 5.82 Å². The van der Waals surface area contributed by atoms with Crippen molar-refractivity contribution in [3.05, 3.63) is 78.9 Å². The molecule has 1 aromatic carbocycles. The zero-order valence-corrected chi connectivity index (χ0v) is 17.5. The van der Waals surface area contributed by atoms with E-state index in [0.717, 1.165) is 41.4 Å². The van der Waals surface area contributed by atoms with Gasteiger partial charge in [-0.2, -0.15) is 0 Å². The molecule has 0 saturated heterocycles. The number of pyridine rings is 2. The second-order valence-electron chi connectivity index (χ2n) is 7.95. The maximum atomic E-state index is 6.45. The third-order valence-corrected chi connectivity index (χ3v) is 5.63. The van der Waals surface area contributed by atoms with E-state index >= 15 is 0 Å². The summed E-state index contributed by atoms with van der Waals surface area (Å²) in [6.45, 7) is 6.44. The van der Waals surface area contributed by atoms with Gasteiger partial charge in [0, 0.05) is 17.8 Å². The first-order valence-electron chi connectivity index (χ1n) is 10.6. The summed E-state index contributed by atoms with van der Waals surface area (Å²) >= 11 is 0. The summed E-state index contributed by atoms with van der Waals surface area (Å²) in [5.74, 6) is 1.54. The largest absolute Gasteiger partial charge is 0.396 e. The molecule has 0 atom stereocenters. The molecule has 1 aliphatic carbocycles. The summed E-state index contributed by atoms with van der Waals surface area (Å²) in [6.07, 6.45) is 9.45. The Balaban J connectivity index is 1.72. The van der Waals surface area contributed by atoms with Crippen LogP contribution in [-0.2, 0) is 0 Å². The molecule has 2 aromatic heterocycles. The molecular weight excluding hydrogens is 370 g/mol. The van der Waals surface area contributed by atoms with Gasteiger partial charge in [0.25, 0.3) is 0 Å². The van der Waals surface area contributed by atoms with Gasteiger partial charge in [0.05, 0.1) is 23.3 Å². The molecule has 0 aliphatic heterocycles. The normalized spacial score (nSPS) is 14.3. The average Bonchev–Trinajstić information content (AvgIpc) is 2.77. The van der Waals surface area contributed by atoms with Crippen LogP contribution in [0.4, 0.5) is 17.2 Å². The van der Waals surface area contributed by atoms with Crippen LogP contribution >= 0.6 is 0 Å². The summed E-state index contributed by atoms with van der Waals surface area (Å²) in [6, 6.07) is 16.5. The van der Waals surface area contributed by atoms with Crippen LogP contribution in [0.15, 0.2) is 73.3 Å². The molecule has 3 aromatic rings. The van der Waals surface area contributed by atoms with Crippen molar-refractivity contribution in [3.63, 3.8) is 0 Å². The number of nitrogens with zero attached hydrogens (tertiary/aromatic N) is 3. The molecule has 1 saturated carbocycles. The lowest BCUT2D eigenvalue weighted by atomic mass is 9.94. The van der Waals surface area contributed by atoms with Crippen molar-refractivity contribution in [2.75, 3.05) is 16.0 Å². The molecule has 30 heavy (non-hydrogen) atoms. The van der Waals surface area contributed by atoms with Crippen molar-refractivity contribution < 1.29 is 0 Å². The Labute approximate surface area is 178 Å². The van der Waals surface area contributed by atoms with Gasteiger partial charge in [0.15, 0.2) is 5.82 Å². The zero-order chi connectivity index (χ0) is 20.9. The SMILES string of the molecule is C=C(Nc1cccnc1)N(c1nc(-c2cccc(C)c2)ccc1N)C1CCCCC1. The number of benzene rings is 1. The Morgan fingerprint density at radius 2 is 1.93 bits per heavy atom. The number of aromatic nitrogens is 2. The van der Waals surface area contributed by atoms with E-state index in [1.807, 2.05) is 24.3 Å². The smallest absolute Gasteiger partial charge is 0.158 e. The Morgan fingerprint density at radius 3 is 2.67 bits per heavy atom. The molecule has 0 radical (unpaired) electrons. The average molecular weight is 400 g/mol. The number of nitrogen functional groups attached to an aromatic ring is 1. The van der Waals surface area contributed by atoms with Crippen molar-refractivity contribution in [2.45, 2.75) is 45.1 Å². The summed E-state index contributed by atoms with van der Waals surface area (Å²) < 4.78 is 0. The van der Waals surface area contributed by atoms with E-state index < -0.39 is 0 Å². The van der Waals surface area contributed by atoms with Gasteiger partial charge in [-0.05, 0) is 50.1 Å². The molecule has 1 aliphatic rings. The first-order chi connectivity index (χ1) is 14.6. The van der Waals surface area contributed by atoms with Gasteiger partial charge in [-0.25, -0.2) is 4.98 Å². The lowest BCUT2D eigenvalue weighted by Crippen LogP contribution is -2.39. The molecule has 2 heterocycles. The molecule has 1 fully saturated rings. The number of hydrogen-bond donors (Lipinski definition) is 2. The van der Waals surface area contributed by atoms with E-state index in [-0.39, 0.29) is 0 Å². The highest BCUT2D eigenvalue weighted by molar-refractivity contribution is 5.73. The molecule has 0 spiro atoms. The number of nitrogens with one attached hydrogen (secondary N) is 1. The zero-order valence-electron chi connectivity index (χ0n) is 17.5. The third kappa shape index (κ3) is 4.46. The summed E-state index contributed by atoms with van der Waals surface area (Å²) in [5.41, 5.74) is 11.2. The van der Waals surface area contributed by atoms with Gasteiger partial charge in [-0.1, -0.05) is 49.6 Å². The van der Waals surface area contributed by atoms with Gasteiger partial charge in [-0.3, -0.25) is 4.98 Å². The summed E-state index contributed by atoms with van der Waals surface area (Å²) in [7, 11) is 0. The second kappa shape index (κ2) is 8.99. The molecule has 5 nitrogen and oxygen atoms in total. The fraction of sp³-hybridized carbons (Fsp3) is 0.280. The first kappa shape index (κ1) is 20.0. The van der Waals surface area contributed by atoms with E-state index in [1.54, 1.807) is 12.4 Å². The fourth-order valence-electron chi connectivity index (χ4n) is 4.14. The fourth-order valence-corrected chi connectivity index (χ4v) is 4.14. The van der Waals surface area contributed by atoms with Crippen LogP contribution < -0.4 is 16.0 Å². The third-order valence-electron chi connectivity index (χ3n) is 5.63. The van der Waals surface area contributed by atoms with Crippen molar-refractivity contribution in [3.8, 4) is 11.3 Å². The van der Waals surface area contributed by atoms with Crippen LogP contribution in [-0.4, -0.2) is 16.0 Å². The Bertz CT molecular complexity index is 1010. The van der Waals surface area contributed by atoms with Crippen LogP contribution in [0, 0.1) is 6.92 Å². The van der Waals surface area contributed by atoms with Crippen molar-refractivity contribution in [2.24, 2.45) is 0 Å². The lowest BCUT2D eigenvalue weighted by Gasteiger charge is -2.37. The molecule has 154 valence electrons. The van der Waals surface area contributed by atoms with Gasteiger partial charge in [0.2, 0.25) is 0 Å². The van der Waals surface area contributed by atoms with E-state index in [4.69, 9.17) is 10.7 Å². The molecule has 3 N–H and O–H groups in total. The number of anilines is 3. The van der Waals surface area contributed by atoms with E-state index in [2.05, 4.69) is 53.0 Å². The van der Waals surface area contributed by atoms with Crippen LogP contribution in [0.25, 0.3) is 11.3 Å². The first-order valence-corrected chi connectivity index (χ1v) is 10.6. The molecule has 0 amide bonds. The minimum Gasteiger partial charge on any atom is -0.396 e. The predicted octanol–water partition coefficient (Wildman–Crippen LogP) is 5.76. The van der Waals surface area contributed by atoms with E-state index in [9.17, 15) is 0 Å². The Hall–Kier alpha value is -3.34. The van der Waals surface area contributed by atoms with Crippen LogP contribution in [0.1, 0.15) is 37.7 Å². The van der Waals surface area contributed by atoms with Crippen molar-refractivity contribution >= 4 is 17.2 Å². The highest BCUT2D eigenvalue weighted by Crippen LogP contribution is 2.34.